The molecular weight excluding hydrogens is 329 g/mol. The number of nitrogens with zero attached hydrogens (tertiary/aromatic N) is 1. The third-order valence-electron chi connectivity index (χ3n) is 6.03. The summed E-state index contributed by atoms with van der Waals surface area (Å²) in [5.74, 6) is 0. The quantitative estimate of drug-likeness (QED) is 0.779. The molecule has 0 aromatic heterocycles. The molecule has 1 saturated heterocycles. The van der Waals surface area contributed by atoms with Crippen LogP contribution in [0.2, 0.25) is 0 Å². The second kappa shape index (κ2) is 5.99. The van der Waals surface area contributed by atoms with Crippen LogP contribution < -0.4 is 5.46 Å². The summed E-state index contributed by atoms with van der Waals surface area (Å²) >= 11 is 0. The van der Waals surface area contributed by atoms with Crippen molar-refractivity contribution >= 4 is 18.7 Å². The standard InChI is InChI=1S/C20H30BNO4/c1-18(2,3)16-14-9-8-10-15(13(14)11-12-22(16)17(23)24)21-25-19(4,5)20(6,7)26-21/h8-10,16H,11-12H2,1-7H3,(H,23,24). The number of rotatable bonds is 1. The molecule has 2 heterocycles. The lowest BCUT2D eigenvalue weighted by Gasteiger charge is -2.43. The average Bonchev–Trinajstić information content (AvgIpc) is 2.72. The molecule has 0 aliphatic carbocycles. The Bertz CT molecular complexity index is 707. The van der Waals surface area contributed by atoms with Crippen LogP contribution in [-0.4, -0.2) is 41.0 Å². The Hall–Kier alpha value is -1.53. The number of carboxylic acid groups (broad SMARTS) is 1. The summed E-state index contributed by atoms with van der Waals surface area (Å²) in [7, 11) is -0.424. The number of carbonyl (C=O) groups is 1. The molecule has 2 aliphatic rings. The molecule has 1 aromatic carbocycles. The minimum atomic E-state index is -0.864. The zero-order chi connectivity index (χ0) is 19.5. The van der Waals surface area contributed by atoms with Crippen molar-refractivity contribution in [1.82, 2.24) is 4.90 Å². The Balaban J connectivity index is 2.06. The van der Waals surface area contributed by atoms with E-state index in [0.717, 1.165) is 11.0 Å². The lowest BCUT2D eigenvalue weighted by atomic mass is 9.69. The predicted octanol–water partition coefficient (Wildman–Crippen LogP) is 3.61. The molecule has 5 nitrogen and oxygen atoms in total. The number of benzene rings is 1. The Morgan fingerprint density at radius 1 is 1.19 bits per heavy atom. The Kier molecular flexibility index (Phi) is 4.44. The maximum absolute atomic E-state index is 11.8. The molecule has 0 radical (unpaired) electrons. The highest BCUT2D eigenvalue weighted by molar-refractivity contribution is 6.62. The highest BCUT2D eigenvalue weighted by Gasteiger charge is 2.53. The normalized spacial score (nSPS) is 24.5. The molecule has 2 aliphatic heterocycles. The SMILES string of the molecule is CC(C)(C)C1c2cccc(B3OC(C)(C)C(C)(C)O3)c2CCN1C(=O)O. The molecular formula is C20H30BNO4. The molecule has 26 heavy (non-hydrogen) atoms. The van der Waals surface area contributed by atoms with E-state index in [1.807, 2.05) is 33.8 Å². The van der Waals surface area contributed by atoms with Gasteiger partial charge in [0.05, 0.1) is 17.2 Å². The van der Waals surface area contributed by atoms with Crippen molar-refractivity contribution in [3.63, 3.8) is 0 Å². The van der Waals surface area contributed by atoms with Crippen LogP contribution in [0.3, 0.4) is 0 Å². The average molecular weight is 359 g/mol. The molecule has 142 valence electrons. The molecule has 6 heteroatoms. The number of amides is 1. The molecule has 3 rings (SSSR count). The van der Waals surface area contributed by atoms with Crippen LogP contribution in [0.5, 0.6) is 0 Å². The van der Waals surface area contributed by atoms with Crippen molar-refractivity contribution < 1.29 is 19.2 Å². The highest BCUT2D eigenvalue weighted by Crippen LogP contribution is 2.43. The van der Waals surface area contributed by atoms with Crippen LogP contribution in [0.4, 0.5) is 4.79 Å². The van der Waals surface area contributed by atoms with Gasteiger partial charge >= 0.3 is 13.2 Å². The van der Waals surface area contributed by atoms with Gasteiger partial charge in [-0.3, -0.25) is 0 Å². The zero-order valence-electron chi connectivity index (χ0n) is 16.9. The smallest absolute Gasteiger partial charge is 0.465 e. The fourth-order valence-corrected chi connectivity index (χ4v) is 4.03. The van der Waals surface area contributed by atoms with E-state index >= 15 is 0 Å². The Morgan fingerprint density at radius 3 is 2.27 bits per heavy atom. The molecule has 1 amide bonds. The summed E-state index contributed by atoms with van der Waals surface area (Å²) in [6, 6.07) is 5.90. The second-order valence-corrected chi connectivity index (χ2v) is 9.50. The first-order valence-corrected chi connectivity index (χ1v) is 9.32. The summed E-state index contributed by atoms with van der Waals surface area (Å²) in [5, 5.41) is 9.69. The van der Waals surface area contributed by atoms with E-state index in [2.05, 4.69) is 32.9 Å². The van der Waals surface area contributed by atoms with E-state index in [-0.39, 0.29) is 11.5 Å². The van der Waals surface area contributed by atoms with Crippen LogP contribution in [0, 0.1) is 5.41 Å². The summed E-state index contributed by atoms with van der Waals surface area (Å²) in [4.78, 5) is 13.4. The third kappa shape index (κ3) is 3.03. The van der Waals surface area contributed by atoms with Crippen LogP contribution in [0.15, 0.2) is 18.2 Å². The zero-order valence-corrected chi connectivity index (χ0v) is 16.9. The van der Waals surface area contributed by atoms with E-state index in [0.29, 0.717) is 13.0 Å². The van der Waals surface area contributed by atoms with Gasteiger partial charge in [-0.05, 0) is 56.1 Å². The topological polar surface area (TPSA) is 59.0 Å². The maximum atomic E-state index is 11.8. The maximum Gasteiger partial charge on any atom is 0.495 e. The summed E-state index contributed by atoms with van der Waals surface area (Å²) < 4.78 is 12.5. The molecule has 1 fully saturated rings. The van der Waals surface area contributed by atoms with Crippen LogP contribution in [-0.2, 0) is 15.7 Å². The van der Waals surface area contributed by atoms with Gasteiger partial charge in [0.2, 0.25) is 0 Å². The van der Waals surface area contributed by atoms with E-state index in [1.54, 1.807) is 4.90 Å². The largest absolute Gasteiger partial charge is 0.495 e. The van der Waals surface area contributed by atoms with Crippen molar-refractivity contribution in [2.24, 2.45) is 5.41 Å². The molecule has 1 N–H and O–H groups in total. The molecule has 1 unspecified atom stereocenters. The summed E-state index contributed by atoms with van der Waals surface area (Å²) in [6.45, 7) is 14.9. The predicted molar refractivity (Wildman–Crippen MR) is 103 cm³/mol. The van der Waals surface area contributed by atoms with Crippen molar-refractivity contribution in [2.75, 3.05) is 6.54 Å². The van der Waals surface area contributed by atoms with Crippen LogP contribution in [0.25, 0.3) is 0 Å². The lowest BCUT2D eigenvalue weighted by molar-refractivity contribution is 0.00578. The highest BCUT2D eigenvalue weighted by atomic mass is 16.7. The third-order valence-corrected chi connectivity index (χ3v) is 6.03. The van der Waals surface area contributed by atoms with Gasteiger partial charge in [-0.25, -0.2) is 4.79 Å². The minimum Gasteiger partial charge on any atom is -0.465 e. The lowest BCUT2D eigenvalue weighted by Crippen LogP contribution is -2.48. The summed E-state index contributed by atoms with van der Waals surface area (Å²) in [5.41, 5.74) is 2.27. The van der Waals surface area contributed by atoms with Crippen molar-refractivity contribution in [1.29, 1.82) is 0 Å². The minimum absolute atomic E-state index is 0.189. The molecule has 0 spiro atoms. The van der Waals surface area contributed by atoms with Gasteiger partial charge in [0.1, 0.15) is 0 Å². The van der Waals surface area contributed by atoms with Gasteiger partial charge in [-0.1, -0.05) is 39.0 Å². The number of hydrogen-bond acceptors (Lipinski definition) is 3. The molecule has 0 bridgehead atoms. The number of hydrogen-bond donors (Lipinski definition) is 1. The van der Waals surface area contributed by atoms with E-state index in [1.165, 1.54) is 5.56 Å². The van der Waals surface area contributed by atoms with E-state index in [4.69, 9.17) is 9.31 Å². The van der Waals surface area contributed by atoms with Crippen molar-refractivity contribution in [3.8, 4) is 0 Å². The second-order valence-electron chi connectivity index (χ2n) is 9.50. The first-order valence-electron chi connectivity index (χ1n) is 9.32. The molecule has 1 atom stereocenters. The van der Waals surface area contributed by atoms with E-state index in [9.17, 15) is 9.90 Å². The van der Waals surface area contributed by atoms with Gasteiger partial charge in [-0.15, -0.1) is 0 Å². The van der Waals surface area contributed by atoms with Gasteiger partial charge < -0.3 is 19.3 Å². The first kappa shape index (κ1) is 19.2. The first-order chi connectivity index (χ1) is 11.8. The Morgan fingerprint density at radius 2 is 1.77 bits per heavy atom. The Labute approximate surface area is 156 Å². The van der Waals surface area contributed by atoms with Gasteiger partial charge in [0.25, 0.3) is 0 Å². The number of fused-ring (bicyclic) bond motifs is 1. The van der Waals surface area contributed by atoms with Gasteiger partial charge in [0, 0.05) is 6.54 Å². The van der Waals surface area contributed by atoms with E-state index < -0.39 is 24.4 Å². The van der Waals surface area contributed by atoms with Crippen molar-refractivity contribution in [2.45, 2.75) is 72.1 Å². The van der Waals surface area contributed by atoms with Crippen molar-refractivity contribution in [3.05, 3.63) is 29.3 Å². The molecule has 1 aromatic rings. The summed E-state index contributed by atoms with van der Waals surface area (Å²) in [6.07, 6.45) is -0.189. The fraction of sp³-hybridized carbons (Fsp3) is 0.650. The monoisotopic (exact) mass is 359 g/mol. The molecule has 0 saturated carbocycles. The van der Waals surface area contributed by atoms with Gasteiger partial charge in [0.15, 0.2) is 0 Å². The van der Waals surface area contributed by atoms with Gasteiger partial charge in [-0.2, -0.15) is 0 Å². The van der Waals surface area contributed by atoms with Crippen LogP contribution in [0.1, 0.15) is 65.6 Å². The fourth-order valence-electron chi connectivity index (χ4n) is 4.03. The van der Waals surface area contributed by atoms with Crippen LogP contribution >= 0.6 is 0 Å².